The third-order valence-electron chi connectivity index (χ3n) is 5.39. The van der Waals surface area contributed by atoms with Crippen LogP contribution in [0.2, 0.25) is 5.02 Å². The first-order valence-corrected chi connectivity index (χ1v) is 10.3. The Labute approximate surface area is 192 Å². The van der Waals surface area contributed by atoms with E-state index < -0.39 is 23.0 Å². The van der Waals surface area contributed by atoms with Gasteiger partial charge < -0.3 is 14.6 Å². The lowest BCUT2D eigenvalue weighted by molar-refractivity contribution is -0.116. The van der Waals surface area contributed by atoms with E-state index in [1.54, 1.807) is 36.7 Å². The Morgan fingerprint density at radius 1 is 1.12 bits per heavy atom. The number of nitrogens with zero attached hydrogens (tertiary/aromatic N) is 3. The monoisotopic (exact) mass is 470 g/mol. The number of methoxy groups -OCH3 is 1. The van der Waals surface area contributed by atoms with Gasteiger partial charge in [0.2, 0.25) is 5.91 Å². The minimum absolute atomic E-state index is 0.192. The summed E-state index contributed by atoms with van der Waals surface area (Å²) in [5.74, 6) is -0.625. The normalized spacial score (nSPS) is 11.1. The van der Waals surface area contributed by atoms with Crippen molar-refractivity contribution in [1.82, 2.24) is 13.7 Å². The van der Waals surface area contributed by atoms with Crippen molar-refractivity contribution in [3.63, 3.8) is 0 Å². The van der Waals surface area contributed by atoms with Gasteiger partial charge >= 0.3 is 5.69 Å². The highest BCUT2D eigenvalue weighted by atomic mass is 35.5. The smallest absolute Gasteiger partial charge is 0.336 e. The van der Waals surface area contributed by atoms with Crippen LogP contribution in [0.4, 0.5) is 10.1 Å². The second-order valence-electron chi connectivity index (χ2n) is 7.46. The van der Waals surface area contributed by atoms with Crippen molar-refractivity contribution in [2.24, 2.45) is 7.05 Å². The number of carbonyl (C=O) groups excluding carboxylic acids is 1. The molecule has 4 rings (SSSR count). The molecule has 1 amide bonds. The number of aryl methyl sites for hydroxylation is 2. The number of hydrogen-bond acceptors (Lipinski definition) is 4. The minimum Gasteiger partial charge on any atom is -0.495 e. The molecular formula is C23H20ClFN4O4. The second-order valence-corrected chi connectivity index (χ2v) is 7.89. The van der Waals surface area contributed by atoms with Gasteiger partial charge in [-0.25, -0.2) is 13.8 Å². The van der Waals surface area contributed by atoms with Crippen molar-refractivity contribution in [3.05, 3.63) is 85.9 Å². The number of ether oxygens (including phenoxy) is 1. The second kappa shape index (κ2) is 8.59. The van der Waals surface area contributed by atoms with E-state index in [0.29, 0.717) is 22.0 Å². The summed E-state index contributed by atoms with van der Waals surface area (Å²) in [6.07, 6.45) is 0. The molecule has 2 aromatic carbocycles. The lowest BCUT2D eigenvalue weighted by atomic mass is 10.3. The molecule has 0 aliphatic rings. The maximum absolute atomic E-state index is 13.4. The van der Waals surface area contributed by atoms with Gasteiger partial charge in [-0.1, -0.05) is 11.6 Å². The summed E-state index contributed by atoms with van der Waals surface area (Å²) in [5.41, 5.74) is 0.529. The summed E-state index contributed by atoms with van der Waals surface area (Å²) < 4.78 is 22.4. The summed E-state index contributed by atoms with van der Waals surface area (Å²) in [6.45, 7) is 1.41. The minimum atomic E-state index is -0.724. The molecule has 0 aliphatic carbocycles. The van der Waals surface area contributed by atoms with Crippen LogP contribution in [0.5, 0.6) is 5.75 Å². The molecule has 8 nitrogen and oxygen atoms in total. The number of aromatic nitrogens is 3. The van der Waals surface area contributed by atoms with Gasteiger partial charge in [0.25, 0.3) is 5.56 Å². The van der Waals surface area contributed by atoms with Crippen LogP contribution in [0.25, 0.3) is 16.7 Å². The summed E-state index contributed by atoms with van der Waals surface area (Å²) >= 11 is 6.03. The van der Waals surface area contributed by atoms with Crippen LogP contribution in [0, 0.1) is 12.7 Å². The van der Waals surface area contributed by atoms with Crippen LogP contribution in [0.3, 0.4) is 0 Å². The SMILES string of the molecule is COc1ccc(Cl)cc1NC(=O)Cn1c(=O)n(-c2ccc(F)cc2)c(=O)c2c1cc(C)n2C. The standard InChI is InChI=1S/C23H20ClFN4O4/c1-13-10-18-21(27(13)2)22(31)29(16-7-5-15(25)6-8-16)23(32)28(18)12-20(30)26-17-11-14(24)4-9-19(17)33-3/h4-11H,12H2,1-3H3,(H,26,30). The van der Waals surface area contributed by atoms with Crippen molar-refractivity contribution in [2.45, 2.75) is 13.5 Å². The van der Waals surface area contributed by atoms with E-state index in [-0.39, 0.29) is 17.7 Å². The zero-order valence-corrected chi connectivity index (χ0v) is 18.8. The molecule has 0 saturated carbocycles. The van der Waals surface area contributed by atoms with Crippen LogP contribution in [-0.2, 0) is 18.4 Å². The highest BCUT2D eigenvalue weighted by molar-refractivity contribution is 6.31. The lowest BCUT2D eigenvalue weighted by Gasteiger charge is -2.14. The maximum Gasteiger partial charge on any atom is 0.336 e. The fourth-order valence-corrected chi connectivity index (χ4v) is 3.84. The Bertz CT molecular complexity index is 1500. The van der Waals surface area contributed by atoms with Gasteiger partial charge in [0, 0.05) is 17.8 Å². The Morgan fingerprint density at radius 3 is 2.48 bits per heavy atom. The summed E-state index contributed by atoms with van der Waals surface area (Å²) in [6, 6.07) is 11.4. The third kappa shape index (κ3) is 4.03. The van der Waals surface area contributed by atoms with Gasteiger partial charge in [0.1, 0.15) is 23.6 Å². The van der Waals surface area contributed by atoms with E-state index in [9.17, 15) is 18.8 Å². The number of rotatable bonds is 5. The number of anilines is 1. The van der Waals surface area contributed by atoms with E-state index in [0.717, 1.165) is 22.4 Å². The third-order valence-corrected chi connectivity index (χ3v) is 5.63. The highest BCUT2D eigenvalue weighted by Gasteiger charge is 2.20. The fourth-order valence-electron chi connectivity index (χ4n) is 3.67. The summed E-state index contributed by atoms with van der Waals surface area (Å²) in [4.78, 5) is 39.5. The molecule has 0 fully saturated rings. The molecule has 0 aliphatic heterocycles. The Hall–Kier alpha value is -3.85. The molecule has 1 N–H and O–H groups in total. The molecule has 4 aromatic rings. The quantitative estimate of drug-likeness (QED) is 0.485. The molecule has 0 spiro atoms. The highest BCUT2D eigenvalue weighted by Crippen LogP contribution is 2.27. The van der Waals surface area contributed by atoms with Crippen LogP contribution in [0.1, 0.15) is 5.69 Å². The molecule has 0 radical (unpaired) electrons. The van der Waals surface area contributed by atoms with E-state index in [1.807, 2.05) is 0 Å². The van der Waals surface area contributed by atoms with Crippen molar-refractivity contribution in [3.8, 4) is 11.4 Å². The van der Waals surface area contributed by atoms with Gasteiger partial charge in [-0.15, -0.1) is 0 Å². The molecule has 33 heavy (non-hydrogen) atoms. The molecule has 0 unspecified atom stereocenters. The van der Waals surface area contributed by atoms with E-state index in [2.05, 4.69) is 5.32 Å². The number of nitrogens with one attached hydrogen (secondary N) is 1. The average molecular weight is 471 g/mol. The predicted molar refractivity (Wildman–Crippen MR) is 124 cm³/mol. The topological polar surface area (TPSA) is 87.3 Å². The lowest BCUT2D eigenvalue weighted by Crippen LogP contribution is -2.41. The van der Waals surface area contributed by atoms with E-state index in [1.165, 1.54) is 29.9 Å². The molecule has 0 bridgehead atoms. The molecule has 2 aromatic heterocycles. The first-order valence-electron chi connectivity index (χ1n) is 9.92. The molecule has 0 saturated heterocycles. The molecule has 10 heteroatoms. The number of amides is 1. The van der Waals surface area contributed by atoms with Crippen LogP contribution in [0.15, 0.2) is 58.1 Å². The van der Waals surface area contributed by atoms with Crippen LogP contribution < -0.4 is 21.3 Å². The first-order chi connectivity index (χ1) is 15.7. The van der Waals surface area contributed by atoms with Crippen molar-refractivity contribution in [1.29, 1.82) is 0 Å². The van der Waals surface area contributed by atoms with Gasteiger partial charge in [-0.05, 0) is 55.5 Å². The summed E-state index contributed by atoms with van der Waals surface area (Å²) in [5, 5.41) is 3.09. The average Bonchev–Trinajstić information content (AvgIpc) is 3.07. The first kappa shape index (κ1) is 22.3. The molecular weight excluding hydrogens is 451 g/mol. The Balaban J connectivity index is 1.85. The number of carbonyl (C=O) groups is 1. The number of fused-ring (bicyclic) bond motifs is 1. The van der Waals surface area contributed by atoms with Gasteiger partial charge in [-0.2, -0.15) is 0 Å². The van der Waals surface area contributed by atoms with Gasteiger partial charge in [-0.3, -0.25) is 14.2 Å². The molecule has 2 heterocycles. The van der Waals surface area contributed by atoms with Crippen molar-refractivity contribution < 1.29 is 13.9 Å². The largest absolute Gasteiger partial charge is 0.495 e. The van der Waals surface area contributed by atoms with E-state index >= 15 is 0 Å². The Morgan fingerprint density at radius 2 is 1.82 bits per heavy atom. The van der Waals surface area contributed by atoms with Gasteiger partial charge in [0.15, 0.2) is 0 Å². The fraction of sp³-hybridized carbons (Fsp3) is 0.174. The predicted octanol–water partition coefficient (Wildman–Crippen LogP) is 3.24. The molecule has 0 atom stereocenters. The zero-order chi connectivity index (χ0) is 23.9. The molecule has 170 valence electrons. The van der Waals surface area contributed by atoms with Crippen LogP contribution >= 0.6 is 11.6 Å². The number of benzene rings is 2. The maximum atomic E-state index is 13.4. The van der Waals surface area contributed by atoms with Crippen molar-refractivity contribution in [2.75, 3.05) is 12.4 Å². The summed E-state index contributed by atoms with van der Waals surface area (Å²) in [7, 11) is 3.15. The Kier molecular flexibility index (Phi) is 5.82. The van der Waals surface area contributed by atoms with Crippen LogP contribution in [-0.4, -0.2) is 26.7 Å². The van der Waals surface area contributed by atoms with Gasteiger partial charge in [0.05, 0.1) is 24.0 Å². The number of hydrogen-bond donors (Lipinski definition) is 1. The number of halogens is 2. The zero-order valence-electron chi connectivity index (χ0n) is 18.1. The van der Waals surface area contributed by atoms with E-state index in [4.69, 9.17) is 16.3 Å². The van der Waals surface area contributed by atoms with Crippen molar-refractivity contribution >= 4 is 34.2 Å².